The monoisotopic (exact) mass is 575 g/mol. The lowest BCUT2D eigenvalue weighted by atomic mass is 10.0. The fraction of sp³-hybridized carbons (Fsp3) is 0.185. The van der Waals surface area contributed by atoms with E-state index >= 15 is 0 Å². The first-order chi connectivity index (χ1) is 18.4. The summed E-state index contributed by atoms with van der Waals surface area (Å²) in [6, 6.07) is 20.5. The van der Waals surface area contributed by atoms with Crippen LogP contribution in [-0.4, -0.2) is 25.0 Å². The van der Waals surface area contributed by atoms with Gasteiger partial charge in [0.05, 0.1) is 10.6 Å². The Labute approximate surface area is 228 Å². The second kappa shape index (κ2) is 11.5. The Kier molecular flexibility index (Phi) is 8.36. The summed E-state index contributed by atoms with van der Waals surface area (Å²) in [5.41, 5.74) is -2.35. The van der Waals surface area contributed by atoms with Gasteiger partial charge in [-0.25, -0.2) is 4.99 Å². The molecule has 1 amide bonds. The van der Waals surface area contributed by atoms with Gasteiger partial charge in [-0.3, -0.25) is 9.52 Å². The molecule has 12 heteroatoms. The summed E-state index contributed by atoms with van der Waals surface area (Å²) in [4.78, 5) is 17.1. The van der Waals surface area contributed by atoms with Gasteiger partial charge in [0.2, 0.25) is 0 Å². The molecule has 0 saturated carbocycles. The van der Waals surface area contributed by atoms with Gasteiger partial charge < -0.3 is 10.1 Å². The summed E-state index contributed by atoms with van der Waals surface area (Å²) < 4.78 is 67.3. The summed E-state index contributed by atoms with van der Waals surface area (Å²) in [6.07, 6.45) is 1.72. The number of nitrogens with one attached hydrogen (secondary N) is 2. The molecule has 204 valence electrons. The fourth-order valence-electron chi connectivity index (χ4n) is 3.39. The number of carbonyl (C=O) groups excluding carboxylic acids is 1. The van der Waals surface area contributed by atoms with Crippen LogP contribution in [0.2, 0.25) is 0 Å². The van der Waals surface area contributed by atoms with Gasteiger partial charge in [-0.05, 0) is 76.8 Å². The molecule has 1 aliphatic heterocycles. The Morgan fingerprint density at radius 1 is 1.00 bits per heavy atom. The van der Waals surface area contributed by atoms with Gasteiger partial charge >= 0.3 is 15.5 Å². The number of halogens is 3. The number of hydrogen-bond acceptors (Lipinski definition) is 6. The van der Waals surface area contributed by atoms with E-state index in [0.717, 1.165) is 40.8 Å². The van der Waals surface area contributed by atoms with E-state index in [-0.39, 0.29) is 16.8 Å². The number of amides is 1. The summed E-state index contributed by atoms with van der Waals surface area (Å²) in [5, 5.41) is 2.91. The first-order valence-electron chi connectivity index (χ1n) is 11.7. The average Bonchev–Trinajstić information content (AvgIpc) is 3.22. The smallest absolute Gasteiger partial charge is 0.489 e. The summed E-state index contributed by atoms with van der Waals surface area (Å²) in [5.74, 6) is 0.897. The zero-order valence-corrected chi connectivity index (χ0v) is 22.5. The lowest BCUT2D eigenvalue weighted by molar-refractivity contribution is -0.115. The Bertz CT molecular complexity index is 1500. The Morgan fingerprint density at radius 2 is 1.64 bits per heavy atom. The lowest BCUT2D eigenvalue weighted by Crippen LogP contribution is -2.29. The number of anilines is 1. The first kappa shape index (κ1) is 28.2. The molecule has 3 aromatic rings. The zero-order valence-electron chi connectivity index (χ0n) is 20.8. The lowest BCUT2D eigenvalue weighted by Gasteiger charge is -2.10. The normalized spacial score (nSPS) is 16.1. The largest absolute Gasteiger partial charge is 0.516 e. The SMILES string of the molecule is CC(C)c1ccc(OCc2ccc(C=C3SC(=Nc4ccc(NS(=O)(=O)C(F)(F)F)cc4)NC3=O)cc2)cc1. The second-order valence-electron chi connectivity index (χ2n) is 8.83. The van der Waals surface area contributed by atoms with Crippen molar-refractivity contribution in [3.05, 3.63) is 94.4 Å². The van der Waals surface area contributed by atoms with Gasteiger partial charge in [0, 0.05) is 5.69 Å². The van der Waals surface area contributed by atoms with Crippen molar-refractivity contribution in [2.24, 2.45) is 4.99 Å². The third-order valence-corrected chi connectivity index (χ3v) is 7.56. The quantitative estimate of drug-likeness (QED) is 0.297. The summed E-state index contributed by atoms with van der Waals surface area (Å²) in [6.45, 7) is 4.67. The standard InChI is InChI=1S/C27H24F3N3O4S2/c1-17(2)20-7-13-23(14-8-20)37-16-19-5-3-18(4-6-19)15-24-25(34)32-26(38-24)31-21-9-11-22(12-10-21)33-39(35,36)27(28,29)30/h3-15,17,33H,16H2,1-2H3,(H,31,32,34). The number of aliphatic imine (C=N–C) groups is 1. The van der Waals surface area contributed by atoms with E-state index in [2.05, 4.69) is 36.3 Å². The number of benzene rings is 3. The van der Waals surface area contributed by atoms with E-state index in [1.165, 1.54) is 22.4 Å². The molecule has 0 unspecified atom stereocenters. The van der Waals surface area contributed by atoms with Crippen LogP contribution in [0.5, 0.6) is 5.75 Å². The number of nitrogens with zero attached hydrogens (tertiary/aromatic N) is 1. The van der Waals surface area contributed by atoms with Crippen LogP contribution in [-0.2, 0) is 21.4 Å². The van der Waals surface area contributed by atoms with Crippen molar-refractivity contribution in [1.82, 2.24) is 5.32 Å². The van der Waals surface area contributed by atoms with Crippen molar-refractivity contribution in [2.45, 2.75) is 31.9 Å². The van der Waals surface area contributed by atoms with Crippen molar-refractivity contribution >= 4 is 50.3 Å². The second-order valence-corrected chi connectivity index (χ2v) is 11.5. The molecule has 0 atom stereocenters. The highest BCUT2D eigenvalue weighted by Crippen LogP contribution is 2.30. The highest BCUT2D eigenvalue weighted by atomic mass is 32.2. The number of sulfonamides is 1. The number of amidine groups is 1. The molecular weight excluding hydrogens is 551 g/mol. The summed E-state index contributed by atoms with van der Waals surface area (Å²) >= 11 is 1.11. The third-order valence-electron chi connectivity index (χ3n) is 5.54. The van der Waals surface area contributed by atoms with E-state index in [0.29, 0.717) is 23.1 Å². The van der Waals surface area contributed by atoms with E-state index in [1.54, 1.807) is 6.08 Å². The van der Waals surface area contributed by atoms with Crippen LogP contribution in [0.15, 0.2) is 82.7 Å². The predicted molar refractivity (Wildman–Crippen MR) is 147 cm³/mol. The van der Waals surface area contributed by atoms with Gasteiger partial charge in [-0.1, -0.05) is 50.2 Å². The van der Waals surface area contributed by atoms with Gasteiger partial charge in [0.1, 0.15) is 12.4 Å². The van der Waals surface area contributed by atoms with Crippen LogP contribution >= 0.6 is 11.8 Å². The molecule has 1 fully saturated rings. The third kappa shape index (κ3) is 7.42. The van der Waals surface area contributed by atoms with Crippen LogP contribution in [0, 0.1) is 0 Å². The van der Waals surface area contributed by atoms with Gasteiger partial charge in [-0.2, -0.15) is 21.6 Å². The zero-order chi connectivity index (χ0) is 28.2. The van der Waals surface area contributed by atoms with Crippen LogP contribution in [0.1, 0.15) is 36.5 Å². The van der Waals surface area contributed by atoms with Crippen LogP contribution in [0.4, 0.5) is 24.5 Å². The van der Waals surface area contributed by atoms with E-state index in [1.807, 2.05) is 36.4 Å². The van der Waals surface area contributed by atoms with Crippen LogP contribution in [0.25, 0.3) is 6.08 Å². The van der Waals surface area contributed by atoms with E-state index in [9.17, 15) is 26.4 Å². The molecule has 1 saturated heterocycles. The van der Waals surface area contributed by atoms with Gasteiger partial charge in [0.25, 0.3) is 5.91 Å². The molecule has 39 heavy (non-hydrogen) atoms. The van der Waals surface area contributed by atoms with Crippen LogP contribution < -0.4 is 14.8 Å². The van der Waals surface area contributed by atoms with Crippen molar-refractivity contribution in [3.8, 4) is 5.75 Å². The maximum Gasteiger partial charge on any atom is 0.516 e. The molecule has 2 N–H and O–H groups in total. The minimum Gasteiger partial charge on any atom is -0.489 e. The van der Waals surface area contributed by atoms with Crippen molar-refractivity contribution in [3.63, 3.8) is 0 Å². The first-order valence-corrected chi connectivity index (χ1v) is 14.0. The van der Waals surface area contributed by atoms with Crippen molar-refractivity contribution < 1.29 is 31.1 Å². The molecule has 0 bridgehead atoms. The number of thioether (sulfide) groups is 1. The maximum absolute atomic E-state index is 12.5. The predicted octanol–water partition coefficient (Wildman–Crippen LogP) is 6.54. The van der Waals surface area contributed by atoms with E-state index < -0.39 is 15.5 Å². The number of ether oxygens (including phenoxy) is 1. The Hall–Kier alpha value is -3.77. The summed E-state index contributed by atoms with van der Waals surface area (Å²) in [7, 11) is -5.51. The molecule has 4 rings (SSSR count). The molecule has 0 aromatic heterocycles. The highest BCUT2D eigenvalue weighted by molar-refractivity contribution is 8.18. The minimum absolute atomic E-state index is 0.266. The highest BCUT2D eigenvalue weighted by Gasteiger charge is 2.46. The molecule has 0 radical (unpaired) electrons. The molecule has 7 nitrogen and oxygen atoms in total. The topological polar surface area (TPSA) is 96.9 Å². The van der Waals surface area contributed by atoms with E-state index in [4.69, 9.17) is 4.74 Å². The number of hydrogen-bond donors (Lipinski definition) is 2. The van der Waals surface area contributed by atoms with Crippen molar-refractivity contribution in [2.75, 3.05) is 4.72 Å². The number of carbonyl (C=O) groups is 1. The van der Waals surface area contributed by atoms with Crippen LogP contribution in [0.3, 0.4) is 0 Å². The molecule has 0 aliphatic carbocycles. The Balaban J connectivity index is 1.35. The van der Waals surface area contributed by atoms with Crippen molar-refractivity contribution in [1.29, 1.82) is 0 Å². The van der Waals surface area contributed by atoms with Gasteiger partial charge in [0.15, 0.2) is 5.17 Å². The number of rotatable bonds is 8. The minimum atomic E-state index is -5.51. The van der Waals surface area contributed by atoms with Gasteiger partial charge in [-0.15, -0.1) is 0 Å². The Morgan fingerprint density at radius 3 is 2.23 bits per heavy atom. The fourth-order valence-corrected chi connectivity index (χ4v) is 4.80. The molecular formula is C27H24F3N3O4S2. The number of alkyl halides is 3. The maximum atomic E-state index is 12.5. The molecule has 1 aliphatic rings. The molecule has 1 heterocycles. The molecule has 3 aromatic carbocycles. The average molecular weight is 576 g/mol. The molecule has 0 spiro atoms.